The molecule has 1 fully saturated rings. The van der Waals surface area contributed by atoms with Crippen molar-refractivity contribution in [3.8, 4) is 11.5 Å². The zero-order valence-electron chi connectivity index (χ0n) is 18.3. The fourth-order valence-electron chi connectivity index (χ4n) is 4.86. The Hall–Kier alpha value is -0.980. The Morgan fingerprint density at radius 1 is 1.17 bits per heavy atom. The molecule has 0 unspecified atom stereocenters. The Morgan fingerprint density at radius 2 is 1.93 bits per heavy atom. The molecule has 0 aliphatic carbocycles. The number of fused-ring (bicyclic) bond motifs is 3. The summed E-state index contributed by atoms with van der Waals surface area (Å²) in [4.78, 5) is 2.64. The number of hydrogen-bond donors (Lipinski definition) is 0. The summed E-state index contributed by atoms with van der Waals surface area (Å²) in [6.45, 7) is 7.20. The van der Waals surface area contributed by atoms with Gasteiger partial charge >= 0.3 is 0 Å². The molecule has 2 aliphatic rings. The minimum absolute atomic E-state index is 0.253. The van der Waals surface area contributed by atoms with Gasteiger partial charge in [-0.3, -0.25) is 9.29 Å². The van der Waals surface area contributed by atoms with Crippen LogP contribution in [0.3, 0.4) is 0 Å². The first-order valence-corrected chi connectivity index (χ1v) is 12.0. The van der Waals surface area contributed by atoms with E-state index >= 15 is 0 Å². The van der Waals surface area contributed by atoms with Crippen LogP contribution in [0.2, 0.25) is 0 Å². The van der Waals surface area contributed by atoms with E-state index < -0.39 is 0 Å². The predicted octanol–water partition coefficient (Wildman–Crippen LogP) is 4.76. The van der Waals surface area contributed by atoms with Crippen LogP contribution in [-0.2, 0) is 11.2 Å². The van der Waals surface area contributed by atoms with Gasteiger partial charge < -0.3 is 14.2 Å². The molecule has 3 rings (SSSR count). The second-order valence-corrected chi connectivity index (χ2v) is 9.73. The number of piperidine rings is 1. The first-order chi connectivity index (χ1) is 14.1. The van der Waals surface area contributed by atoms with E-state index in [1.54, 1.807) is 26.0 Å². The van der Waals surface area contributed by atoms with Gasteiger partial charge in [0.1, 0.15) is 0 Å². The number of nitrogens with zero attached hydrogens (tertiary/aromatic N) is 1. The van der Waals surface area contributed by atoms with Gasteiger partial charge in [-0.1, -0.05) is 13.8 Å². The number of alkyl halides is 1. The highest BCUT2D eigenvalue weighted by Gasteiger charge is 2.40. The van der Waals surface area contributed by atoms with Crippen molar-refractivity contribution in [1.82, 2.24) is 4.90 Å². The maximum Gasteiger partial charge on any atom is 0.161 e. The van der Waals surface area contributed by atoms with Crippen molar-refractivity contribution in [3.05, 3.63) is 23.3 Å². The van der Waals surface area contributed by atoms with Gasteiger partial charge in [0.15, 0.2) is 11.5 Å². The molecule has 3 atom stereocenters. The maximum absolute atomic E-state index is 12.3. The lowest BCUT2D eigenvalue weighted by atomic mass is 9.79. The van der Waals surface area contributed by atoms with E-state index in [1.165, 1.54) is 17.5 Å². The molecule has 0 radical (unpaired) electrons. The fraction of sp³-hybridized carbons (Fsp3) is 0.739. The number of benzene rings is 1. The molecule has 0 saturated carbocycles. The van der Waals surface area contributed by atoms with Crippen LogP contribution in [0.15, 0.2) is 12.1 Å². The highest BCUT2D eigenvalue weighted by Crippen LogP contribution is 2.44. The Bertz CT molecular complexity index is 657. The smallest absolute Gasteiger partial charge is 0.161 e. The fourth-order valence-corrected chi connectivity index (χ4v) is 5.38. The Kier molecular flexibility index (Phi) is 8.51. The third-order valence-electron chi connectivity index (χ3n) is 6.12. The van der Waals surface area contributed by atoms with E-state index in [0.29, 0.717) is 30.2 Å². The molecule has 2 aliphatic heterocycles. The minimum Gasteiger partial charge on any atom is -0.493 e. The van der Waals surface area contributed by atoms with Crippen LogP contribution >= 0.6 is 11.8 Å². The third-order valence-corrected chi connectivity index (χ3v) is 7.02. The minimum atomic E-state index is -0.261. The zero-order valence-corrected chi connectivity index (χ0v) is 19.1. The van der Waals surface area contributed by atoms with E-state index in [1.807, 2.05) is 0 Å². The van der Waals surface area contributed by atoms with Gasteiger partial charge in [-0.2, -0.15) is 11.8 Å². The van der Waals surface area contributed by atoms with E-state index in [-0.39, 0.29) is 12.8 Å². The molecule has 6 heteroatoms. The summed E-state index contributed by atoms with van der Waals surface area (Å²) in [6.07, 6.45) is 3.49. The first-order valence-electron chi connectivity index (χ1n) is 10.8. The highest BCUT2D eigenvalue weighted by molar-refractivity contribution is 7.99. The maximum atomic E-state index is 12.3. The topological polar surface area (TPSA) is 30.9 Å². The van der Waals surface area contributed by atoms with Gasteiger partial charge in [-0.25, -0.2) is 0 Å². The number of thioether (sulfide) groups is 1. The van der Waals surface area contributed by atoms with Gasteiger partial charge in [0.25, 0.3) is 0 Å². The number of hydrogen-bond acceptors (Lipinski definition) is 5. The molecule has 164 valence electrons. The normalized spacial score (nSPS) is 24.3. The molecule has 0 bridgehead atoms. The molecule has 0 spiro atoms. The van der Waals surface area contributed by atoms with Crippen LogP contribution in [0.25, 0.3) is 0 Å². The second kappa shape index (κ2) is 10.9. The molecule has 1 aromatic carbocycles. The van der Waals surface area contributed by atoms with Gasteiger partial charge in [-0.15, -0.1) is 0 Å². The second-order valence-electron chi connectivity index (χ2n) is 8.50. The lowest BCUT2D eigenvalue weighted by molar-refractivity contribution is -0.0590. The summed E-state index contributed by atoms with van der Waals surface area (Å²) >= 11 is 1.64. The van der Waals surface area contributed by atoms with Crippen molar-refractivity contribution in [2.75, 3.05) is 52.1 Å². The number of rotatable bonds is 10. The van der Waals surface area contributed by atoms with Crippen LogP contribution in [0.1, 0.15) is 43.9 Å². The van der Waals surface area contributed by atoms with Crippen LogP contribution in [0, 0.1) is 11.8 Å². The molecule has 4 nitrogen and oxygen atoms in total. The lowest BCUT2D eigenvalue weighted by Gasteiger charge is -2.47. The average molecular weight is 426 g/mol. The van der Waals surface area contributed by atoms with Gasteiger partial charge in [0, 0.05) is 30.6 Å². The van der Waals surface area contributed by atoms with Crippen molar-refractivity contribution in [1.29, 1.82) is 0 Å². The Morgan fingerprint density at radius 3 is 2.62 bits per heavy atom. The molecule has 1 saturated heterocycles. The molecule has 29 heavy (non-hydrogen) atoms. The summed E-state index contributed by atoms with van der Waals surface area (Å²) in [6, 6.07) is 4.68. The van der Waals surface area contributed by atoms with Crippen molar-refractivity contribution in [2.45, 2.75) is 45.3 Å². The van der Waals surface area contributed by atoms with E-state index in [0.717, 1.165) is 43.2 Å². The van der Waals surface area contributed by atoms with Gasteiger partial charge in [0.2, 0.25) is 0 Å². The van der Waals surface area contributed by atoms with Crippen molar-refractivity contribution >= 4 is 11.8 Å². The van der Waals surface area contributed by atoms with Gasteiger partial charge in [-0.05, 0) is 54.4 Å². The highest BCUT2D eigenvalue weighted by atomic mass is 32.2. The van der Waals surface area contributed by atoms with Crippen LogP contribution in [-0.4, -0.2) is 63.1 Å². The standard InChI is InChI=1S/C23H36FNO3S/c1-16(2)11-18-15-25-7-5-17-12-22(26-3)23(27-4)13-19(17)20(25)14-21(18)28-8-10-29-9-6-24/h12-13,16,18,20-21H,5-11,14-15H2,1-4H3/t18-,20-,21-/m0/s1/i24+0. The third kappa shape index (κ3) is 5.59. The van der Waals surface area contributed by atoms with Crippen LogP contribution in [0.4, 0.5) is 4.39 Å². The number of ether oxygens (including phenoxy) is 3. The average Bonchev–Trinajstić information content (AvgIpc) is 2.72. The van der Waals surface area contributed by atoms with E-state index in [2.05, 4.69) is 30.9 Å². The number of methoxy groups -OCH3 is 2. The quantitative estimate of drug-likeness (QED) is 0.505. The number of halogens is 1. The summed E-state index contributed by atoms with van der Waals surface area (Å²) in [5.41, 5.74) is 2.72. The van der Waals surface area contributed by atoms with E-state index in [9.17, 15) is 4.39 Å². The summed E-state index contributed by atoms with van der Waals surface area (Å²) in [5, 5.41) is 0. The molecule has 2 heterocycles. The van der Waals surface area contributed by atoms with Crippen molar-refractivity contribution < 1.29 is 18.6 Å². The predicted molar refractivity (Wildman–Crippen MR) is 118 cm³/mol. The van der Waals surface area contributed by atoms with Crippen LogP contribution in [0.5, 0.6) is 11.5 Å². The summed E-state index contributed by atoms with van der Waals surface area (Å²) in [7, 11) is 3.40. The first kappa shape index (κ1) is 22.7. The molecule has 0 aromatic heterocycles. The Balaban J connectivity index is 1.76. The lowest BCUT2D eigenvalue weighted by Crippen LogP contribution is -2.49. The van der Waals surface area contributed by atoms with Crippen molar-refractivity contribution in [2.24, 2.45) is 11.8 Å². The van der Waals surface area contributed by atoms with Gasteiger partial charge in [0.05, 0.1) is 33.6 Å². The summed E-state index contributed by atoms with van der Waals surface area (Å²) in [5.74, 6) is 4.26. The monoisotopic (exact) mass is 425 g/mol. The van der Waals surface area contributed by atoms with Crippen LogP contribution < -0.4 is 9.47 Å². The molecular weight excluding hydrogens is 389 g/mol. The van der Waals surface area contributed by atoms with E-state index in [4.69, 9.17) is 14.2 Å². The molecular formula is C23H36FNO3S. The molecule has 0 N–H and O–H groups in total. The molecule has 0 amide bonds. The SMILES string of the molecule is COc1cc2c(cc1OC)[C@@H]1C[C@H](OCCSCC[19F])[C@@H](CC(C)C)CN1CC2. The zero-order chi connectivity index (χ0) is 20.8. The van der Waals surface area contributed by atoms with Crippen molar-refractivity contribution in [3.63, 3.8) is 0 Å². The molecule has 1 aromatic rings. The largest absolute Gasteiger partial charge is 0.493 e. The summed E-state index contributed by atoms with van der Waals surface area (Å²) < 4.78 is 29.8. The Labute approximate surface area is 179 Å².